The van der Waals surface area contributed by atoms with E-state index in [9.17, 15) is 4.79 Å². The molecule has 0 aromatic carbocycles. The molecule has 1 saturated heterocycles. The van der Waals surface area contributed by atoms with Crippen molar-refractivity contribution in [2.24, 2.45) is 13.0 Å². The Morgan fingerprint density at radius 3 is 2.77 bits per heavy atom. The summed E-state index contributed by atoms with van der Waals surface area (Å²) in [6.45, 7) is 9.17. The molecule has 26 heavy (non-hydrogen) atoms. The molecule has 1 amide bonds. The Morgan fingerprint density at radius 1 is 1.35 bits per heavy atom. The van der Waals surface area contributed by atoms with Crippen LogP contribution < -0.4 is 5.32 Å². The van der Waals surface area contributed by atoms with E-state index in [1.807, 2.05) is 32.5 Å². The highest BCUT2D eigenvalue weighted by Gasteiger charge is 2.33. The van der Waals surface area contributed by atoms with E-state index in [1.54, 1.807) is 6.07 Å². The van der Waals surface area contributed by atoms with Crippen LogP contribution in [0.15, 0.2) is 6.07 Å². The summed E-state index contributed by atoms with van der Waals surface area (Å²) < 4.78 is 7.89. The second-order valence-electron chi connectivity index (χ2n) is 6.96. The first-order valence-corrected chi connectivity index (χ1v) is 9.15. The number of nitrogens with one attached hydrogen (secondary N) is 1. The van der Waals surface area contributed by atoms with Gasteiger partial charge in [-0.1, -0.05) is 6.92 Å². The van der Waals surface area contributed by atoms with E-state index in [0.717, 1.165) is 34.8 Å². The Morgan fingerprint density at radius 2 is 2.12 bits per heavy atom. The third-order valence-electron chi connectivity index (χ3n) is 5.16. The molecule has 1 fully saturated rings. The van der Waals surface area contributed by atoms with Crippen molar-refractivity contribution in [2.45, 2.75) is 46.6 Å². The van der Waals surface area contributed by atoms with Crippen molar-refractivity contribution in [2.75, 3.05) is 13.2 Å². The predicted molar refractivity (Wildman–Crippen MR) is 98.0 cm³/mol. The van der Waals surface area contributed by atoms with Gasteiger partial charge in [-0.05, 0) is 39.7 Å². The maximum atomic E-state index is 12.7. The monoisotopic (exact) mass is 357 g/mol. The summed E-state index contributed by atoms with van der Waals surface area (Å²) in [4.78, 5) is 12.7. The number of hydrogen-bond donors (Lipinski definition) is 1. The van der Waals surface area contributed by atoms with Gasteiger partial charge in [-0.25, -0.2) is 0 Å². The fraction of sp³-hybridized carbons (Fsp3) is 0.579. The number of amides is 1. The van der Waals surface area contributed by atoms with E-state index < -0.39 is 0 Å². The van der Waals surface area contributed by atoms with Crippen molar-refractivity contribution in [3.63, 3.8) is 0 Å². The van der Waals surface area contributed by atoms with Crippen LogP contribution in [-0.2, 0) is 18.2 Å². The number of ether oxygens (including phenoxy) is 1. The number of nitrogens with zero attached hydrogens (tertiary/aromatic N) is 4. The van der Waals surface area contributed by atoms with E-state index >= 15 is 0 Å². The zero-order valence-electron chi connectivity index (χ0n) is 16.2. The molecule has 0 spiro atoms. The second-order valence-corrected chi connectivity index (χ2v) is 6.96. The lowest BCUT2D eigenvalue weighted by molar-refractivity contribution is 0.0839. The molecule has 0 unspecified atom stereocenters. The van der Waals surface area contributed by atoms with Crippen LogP contribution in [-0.4, -0.2) is 39.0 Å². The Hall–Kier alpha value is -2.28. The first-order valence-electron chi connectivity index (χ1n) is 9.15. The van der Waals surface area contributed by atoms with Crippen molar-refractivity contribution in [1.29, 1.82) is 0 Å². The quantitative estimate of drug-likeness (QED) is 0.887. The zero-order valence-corrected chi connectivity index (χ0v) is 16.2. The molecular weight excluding hydrogens is 330 g/mol. The zero-order chi connectivity index (χ0) is 18.8. The lowest BCUT2D eigenvalue weighted by atomic mass is 9.94. The van der Waals surface area contributed by atoms with Crippen LogP contribution in [0.2, 0.25) is 0 Å². The van der Waals surface area contributed by atoms with E-state index in [2.05, 4.69) is 27.5 Å². The molecule has 1 N–H and O–H groups in total. The molecule has 0 radical (unpaired) electrons. The van der Waals surface area contributed by atoms with Crippen LogP contribution in [0.3, 0.4) is 0 Å². The Bertz CT molecular complexity index is 815. The first kappa shape index (κ1) is 18.5. The standard InChI is InChI=1S/C19H27N5O2/c1-6-16-15(9-11(2)21-22-16)19(25)20-10-14-7-8-26-18(14)17-12(3)23-24(5)13(17)4/h9,14,18H,6-8,10H2,1-5H3,(H,20,25)/t14-,18+/m1/s1. The largest absolute Gasteiger partial charge is 0.373 e. The fourth-order valence-corrected chi connectivity index (χ4v) is 3.65. The van der Waals surface area contributed by atoms with Crippen LogP contribution in [0, 0.1) is 26.7 Å². The van der Waals surface area contributed by atoms with Crippen molar-refractivity contribution in [3.05, 3.63) is 40.0 Å². The number of carbonyl (C=O) groups is 1. The summed E-state index contributed by atoms with van der Waals surface area (Å²) in [6.07, 6.45) is 1.58. The molecule has 0 bridgehead atoms. The number of aryl methyl sites for hydroxylation is 4. The molecule has 0 aliphatic carbocycles. The van der Waals surface area contributed by atoms with Gasteiger partial charge in [0.25, 0.3) is 5.91 Å². The highest BCUT2D eigenvalue weighted by Crippen LogP contribution is 2.37. The summed E-state index contributed by atoms with van der Waals surface area (Å²) >= 11 is 0. The molecule has 7 heteroatoms. The smallest absolute Gasteiger partial charge is 0.253 e. The molecule has 0 saturated carbocycles. The van der Waals surface area contributed by atoms with Crippen LogP contribution in [0.4, 0.5) is 0 Å². The number of rotatable bonds is 5. The van der Waals surface area contributed by atoms with E-state index in [0.29, 0.717) is 25.1 Å². The Labute approximate surface area is 154 Å². The van der Waals surface area contributed by atoms with Crippen molar-refractivity contribution in [3.8, 4) is 0 Å². The van der Waals surface area contributed by atoms with Gasteiger partial charge < -0.3 is 10.1 Å². The Kier molecular flexibility index (Phi) is 5.36. The van der Waals surface area contributed by atoms with Gasteiger partial charge in [-0.3, -0.25) is 9.48 Å². The first-order chi connectivity index (χ1) is 12.4. The van der Waals surface area contributed by atoms with Gasteiger partial charge in [0.05, 0.1) is 28.7 Å². The predicted octanol–water partition coefficient (Wildman–Crippen LogP) is 2.21. The lowest BCUT2D eigenvalue weighted by Crippen LogP contribution is -2.31. The van der Waals surface area contributed by atoms with Gasteiger partial charge in [0.2, 0.25) is 0 Å². The number of aromatic nitrogens is 4. The van der Waals surface area contributed by atoms with Crippen LogP contribution in [0.5, 0.6) is 0 Å². The van der Waals surface area contributed by atoms with Crippen molar-refractivity contribution >= 4 is 5.91 Å². The van der Waals surface area contributed by atoms with Gasteiger partial charge in [-0.2, -0.15) is 15.3 Å². The molecule has 140 valence electrons. The summed E-state index contributed by atoms with van der Waals surface area (Å²) in [6, 6.07) is 1.80. The SMILES string of the molecule is CCc1nnc(C)cc1C(=O)NC[C@H]1CCO[C@@H]1c1c(C)nn(C)c1C. The third kappa shape index (κ3) is 3.49. The molecule has 2 aromatic heterocycles. The maximum Gasteiger partial charge on any atom is 0.253 e. The van der Waals surface area contributed by atoms with Gasteiger partial charge >= 0.3 is 0 Å². The molecule has 7 nitrogen and oxygen atoms in total. The molecule has 1 aliphatic rings. The molecule has 1 aliphatic heterocycles. The van der Waals surface area contributed by atoms with E-state index in [-0.39, 0.29) is 17.9 Å². The van der Waals surface area contributed by atoms with E-state index in [4.69, 9.17) is 4.74 Å². The van der Waals surface area contributed by atoms with Gasteiger partial charge in [0, 0.05) is 37.4 Å². The summed E-state index contributed by atoms with van der Waals surface area (Å²) in [5, 5.41) is 15.8. The minimum Gasteiger partial charge on any atom is -0.373 e. The number of hydrogen-bond acceptors (Lipinski definition) is 5. The average molecular weight is 357 g/mol. The van der Waals surface area contributed by atoms with Gasteiger partial charge in [0.15, 0.2) is 0 Å². The summed E-state index contributed by atoms with van der Waals surface area (Å²) in [7, 11) is 1.95. The number of carbonyl (C=O) groups excluding carboxylic acids is 1. The van der Waals surface area contributed by atoms with Gasteiger partial charge in [-0.15, -0.1) is 0 Å². The minimum atomic E-state index is -0.0925. The Balaban J connectivity index is 1.73. The molecule has 3 rings (SSSR count). The maximum absolute atomic E-state index is 12.7. The lowest BCUT2D eigenvalue weighted by Gasteiger charge is -2.20. The van der Waals surface area contributed by atoms with Crippen LogP contribution in [0.25, 0.3) is 0 Å². The summed E-state index contributed by atoms with van der Waals surface area (Å²) in [5.41, 5.74) is 5.36. The molecule has 2 aromatic rings. The highest BCUT2D eigenvalue weighted by atomic mass is 16.5. The van der Waals surface area contributed by atoms with Crippen molar-refractivity contribution in [1.82, 2.24) is 25.3 Å². The average Bonchev–Trinajstić information content (AvgIpc) is 3.16. The fourth-order valence-electron chi connectivity index (χ4n) is 3.65. The summed E-state index contributed by atoms with van der Waals surface area (Å²) in [5.74, 6) is 0.145. The second kappa shape index (κ2) is 7.53. The third-order valence-corrected chi connectivity index (χ3v) is 5.16. The van der Waals surface area contributed by atoms with Crippen LogP contribution >= 0.6 is 0 Å². The molecule has 2 atom stereocenters. The molecule has 3 heterocycles. The molecular formula is C19H27N5O2. The van der Waals surface area contributed by atoms with Crippen LogP contribution in [0.1, 0.15) is 58.1 Å². The highest BCUT2D eigenvalue weighted by molar-refractivity contribution is 5.95. The minimum absolute atomic E-state index is 0.0213. The van der Waals surface area contributed by atoms with Crippen molar-refractivity contribution < 1.29 is 9.53 Å². The van der Waals surface area contributed by atoms with Gasteiger partial charge in [0.1, 0.15) is 0 Å². The topological polar surface area (TPSA) is 81.9 Å². The normalized spacial score (nSPS) is 19.7. The van der Waals surface area contributed by atoms with E-state index in [1.165, 1.54) is 0 Å².